The molecule has 1 heterocycles. The summed E-state index contributed by atoms with van der Waals surface area (Å²) in [5.41, 5.74) is 1.51. The molecule has 0 aliphatic carbocycles. The summed E-state index contributed by atoms with van der Waals surface area (Å²) in [6, 6.07) is 15.5. The molecule has 0 amide bonds. The maximum Gasteiger partial charge on any atom is 0.187 e. The van der Waals surface area contributed by atoms with Crippen molar-refractivity contribution in [2.45, 2.75) is 13.0 Å². The fraction of sp³-hybridized carbons (Fsp3) is 0.118. The van der Waals surface area contributed by atoms with Gasteiger partial charge in [-0.2, -0.15) is 0 Å². The van der Waals surface area contributed by atoms with Crippen LogP contribution in [0, 0.1) is 13.0 Å². The van der Waals surface area contributed by atoms with Crippen molar-refractivity contribution in [3.63, 3.8) is 0 Å². The van der Waals surface area contributed by atoms with Crippen LogP contribution in [0.3, 0.4) is 0 Å². The predicted molar refractivity (Wildman–Crippen MR) is 85.5 cm³/mol. The standard InChI is InChI=1S/C17H12Cl2NO2/c1-11-10-20-22-16(11)17(21-12-6-3-2-4-7-12)15-13(18)8-5-9-14(15)19/h2-3,5-10,17H,1H3. The van der Waals surface area contributed by atoms with Gasteiger partial charge in [-0.05, 0) is 37.3 Å². The van der Waals surface area contributed by atoms with Crippen molar-refractivity contribution in [3.8, 4) is 5.75 Å². The van der Waals surface area contributed by atoms with E-state index in [4.69, 9.17) is 32.5 Å². The Morgan fingerprint density at radius 3 is 2.55 bits per heavy atom. The Labute approximate surface area is 138 Å². The molecule has 111 valence electrons. The number of aromatic nitrogens is 1. The second kappa shape index (κ2) is 6.42. The van der Waals surface area contributed by atoms with E-state index in [0.717, 1.165) is 5.56 Å². The normalized spacial score (nSPS) is 12.1. The summed E-state index contributed by atoms with van der Waals surface area (Å²) < 4.78 is 11.4. The van der Waals surface area contributed by atoms with Crippen molar-refractivity contribution < 1.29 is 9.26 Å². The number of aryl methyl sites for hydroxylation is 1. The molecular formula is C17H12Cl2NO2. The predicted octanol–water partition coefficient (Wildman–Crippen LogP) is 5.26. The van der Waals surface area contributed by atoms with E-state index >= 15 is 0 Å². The summed E-state index contributed by atoms with van der Waals surface area (Å²) in [6.07, 6.45) is 1.05. The zero-order valence-corrected chi connectivity index (χ0v) is 13.2. The van der Waals surface area contributed by atoms with Crippen LogP contribution in [-0.2, 0) is 0 Å². The lowest BCUT2D eigenvalue weighted by Gasteiger charge is -2.20. The summed E-state index contributed by atoms with van der Waals surface area (Å²) in [5.74, 6) is 1.21. The summed E-state index contributed by atoms with van der Waals surface area (Å²) >= 11 is 12.7. The van der Waals surface area contributed by atoms with E-state index in [2.05, 4.69) is 11.2 Å². The molecular weight excluding hydrogens is 321 g/mol. The third kappa shape index (κ3) is 2.96. The minimum atomic E-state index is -0.584. The van der Waals surface area contributed by atoms with Crippen molar-refractivity contribution in [2.24, 2.45) is 0 Å². The van der Waals surface area contributed by atoms with Crippen LogP contribution < -0.4 is 4.74 Å². The molecule has 1 radical (unpaired) electrons. The first-order chi connectivity index (χ1) is 10.7. The van der Waals surface area contributed by atoms with Gasteiger partial charge in [0.2, 0.25) is 0 Å². The molecule has 0 aliphatic rings. The topological polar surface area (TPSA) is 35.3 Å². The molecule has 5 heteroatoms. The van der Waals surface area contributed by atoms with Crippen LogP contribution in [0.25, 0.3) is 0 Å². The number of hydrogen-bond acceptors (Lipinski definition) is 3. The summed E-state index contributed by atoms with van der Waals surface area (Å²) in [6.45, 7) is 1.89. The van der Waals surface area contributed by atoms with Gasteiger partial charge in [-0.15, -0.1) is 0 Å². The monoisotopic (exact) mass is 332 g/mol. The van der Waals surface area contributed by atoms with Gasteiger partial charge >= 0.3 is 0 Å². The average Bonchev–Trinajstić information content (AvgIpc) is 2.93. The molecule has 0 bridgehead atoms. The maximum atomic E-state index is 6.33. The first-order valence-corrected chi connectivity index (χ1v) is 7.40. The van der Waals surface area contributed by atoms with Crippen LogP contribution in [0.1, 0.15) is 23.0 Å². The maximum absolute atomic E-state index is 6.33. The van der Waals surface area contributed by atoms with Gasteiger partial charge in [0.25, 0.3) is 0 Å². The second-order valence-electron chi connectivity index (χ2n) is 4.75. The summed E-state index contributed by atoms with van der Waals surface area (Å²) in [7, 11) is 0. The van der Waals surface area contributed by atoms with E-state index in [1.807, 2.05) is 19.1 Å². The second-order valence-corrected chi connectivity index (χ2v) is 5.56. The summed E-state index contributed by atoms with van der Waals surface area (Å²) in [4.78, 5) is 0. The van der Waals surface area contributed by atoms with Gasteiger partial charge in [-0.3, -0.25) is 0 Å². The van der Waals surface area contributed by atoms with E-state index in [1.54, 1.807) is 36.5 Å². The van der Waals surface area contributed by atoms with Crippen molar-refractivity contribution in [2.75, 3.05) is 0 Å². The van der Waals surface area contributed by atoms with E-state index in [9.17, 15) is 0 Å². The smallest absolute Gasteiger partial charge is 0.187 e. The molecule has 0 N–H and O–H groups in total. The highest BCUT2D eigenvalue weighted by atomic mass is 35.5. The van der Waals surface area contributed by atoms with E-state index in [-0.39, 0.29) is 0 Å². The number of hydrogen-bond donors (Lipinski definition) is 0. The van der Waals surface area contributed by atoms with Crippen LogP contribution in [0.2, 0.25) is 10.0 Å². The average molecular weight is 333 g/mol. The van der Waals surface area contributed by atoms with Crippen LogP contribution in [0.5, 0.6) is 5.75 Å². The molecule has 0 fully saturated rings. The van der Waals surface area contributed by atoms with Crippen LogP contribution in [-0.4, -0.2) is 5.16 Å². The first-order valence-electron chi connectivity index (χ1n) is 6.64. The minimum absolute atomic E-state index is 0.508. The lowest BCUT2D eigenvalue weighted by molar-refractivity contribution is 0.199. The lowest BCUT2D eigenvalue weighted by atomic mass is 10.0. The van der Waals surface area contributed by atoms with Crippen LogP contribution in [0.15, 0.2) is 53.2 Å². The highest BCUT2D eigenvalue weighted by molar-refractivity contribution is 6.36. The Balaban J connectivity index is 2.09. The van der Waals surface area contributed by atoms with Crippen molar-refractivity contribution in [1.29, 1.82) is 0 Å². The Morgan fingerprint density at radius 1 is 1.18 bits per heavy atom. The zero-order valence-electron chi connectivity index (χ0n) is 11.7. The van der Waals surface area contributed by atoms with E-state index < -0.39 is 6.10 Å². The number of nitrogens with zero attached hydrogens (tertiary/aromatic N) is 1. The molecule has 0 aliphatic heterocycles. The quantitative estimate of drug-likeness (QED) is 0.653. The Kier molecular flexibility index (Phi) is 4.36. The van der Waals surface area contributed by atoms with Gasteiger partial charge in [-0.1, -0.05) is 46.6 Å². The van der Waals surface area contributed by atoms with E-state index in [0.29, 0.717) is 27.1 Å². The molecule has 0 saturated heterocycles. The number of halogens is 2. The van der Waals surface area contributed by atoms with Crippen molar-refractivity contribution >= 4 is 23.2 Å². The third-order valence-corrected chi connectivity index (χ3v) is 3.88. The lowest BCUT2D eigenvalue weighted by Crippen LogP contribution is -2.11. The molecule has 22 heavy (non-hydrogen) atoms. The van der Waals surface area contributed by atoms with Gasteiger partial charge in [-0.25, -0.2) is 0 Å². The molecule has 1 unspecified atom stereocenters. The molecule has 3 aromatic rings. The number of benzene rings is 2. The number of ether oxygens (including phenoxy) is 1. The Morgan fingerprint density at radius 2 is 1.95 bits per heavy atom. The SMILES string of the molecule is Cc1cnoc1C(Oc1c[c]ccc1)c1c(Cl)cccc1Cl. The molecule has 2 aromatic carbocycles. The van der Waals surface area contributed by atoms with Crippen molar-refractivity contribution in [1.82, 2.24) is 5.16 Å². The van der Waals surface area contributed by atoms with Gasteiger partial charge < -0.3 is 9.26 Å². The van der Waals surface area contributed by atoms with Crippen LogP contribution >= 0.6 is 23.2 Å². The van der Waals surface area contributed by atoms with Crippen molar-refractivity contribution in [3.05, 3.63) is 81.7 Å². The van der Waals surface area contributed by atoms with Gasteiger partial charge in [0, 0.05) is 21.2 Å². The number of rotatable bonds is 4. The van der Waals surface area contributed by atoms with Gasteiger partial charge in [0.15, 0.2) is 11.9 Å². The summed E-state index contributed by atoms with van der Waals surface area (Å²) in [5, 5.41) is 4.84. The van der Waals surface area contributed by atoms with Gasteiger partial charge in [0.05, 0.1) is 6.20 Å². The fourth-order valence-corrected chi connectivity index (χ4v) is 2.74. The first kappa shape index (κ1) is 14.9. The highest BCUT2D eigenvalue weighted by Crippen LogP contribution is 2.38. The zero-order chi connectivity index (χ0) is 15.5. The minimum Gasteiger partial charge on any atom is -0.477 e. The fourth-order valence-electron chi connectivity index (χ4n) is 2.14. The molecule has 3 nitrogen and oxygen atoms in total. The highest BCUT2D eigenvalue weighted by Gasteiger charge is 2.27. The third-order valence-electron chi connectivity index (χ3n) is 3.22. The Bertz CT molecular complexity index is 751. The van der Waals surface area contributed by atoms with E-state index in [1.165, 1.54) is 0 Å². The van der Waals surface area contributed by atoms with Gasteiger partial charge in [0.1, 0.15) is 5.75 Å². The van der Waals surface area contributed by atoms with Crippen LogP contribution in [0.4, 0.5) is 0 Å². The molecule has 0 saturated carbocycles. The molecule has 1 atom stereocenters. The molecule has 1 aromatic heterocycles. The molecule has 0 spiro atoms. The largest absolute Gasteiger partial charge is 0.477 e. The Hall–Kier alpha value is -1.97. The molecule has 3 rings (SSSR count).